The van der Waals surface area contributed by atoms with Crippen LogP contribution < -0.4 is 15.4 Å². The molecule has 3 heterocycles. The molecule has 0 spiro atoms. The molecule has 0 radical (unpaired) electrons. The quantitative estimate of drug-likeness (QED) is 0.237. The molecular formula is C22H20ClF2N8O2+. The third-order valence-corrected chi connectivity index (χ3v) is 5.26. The number of anilines is 1. The third-order valence-electron chi connectivity index (χ3n) is 5.03. The molecular weight excluding hydrogens is 482 g/mol. The number of hydrogen-bond acceptors (Lipinski definition) is 7. The van der Waals surface area contributed by atoms with Crippen LogP contribution in [0, 0.1) is 0 Å². The van der Waals surface area contributed by atoms with E-state index in [0.29, 0.717) is 21.0 Å². The van der Waals surface area contributed by atoms with Crippen molar-refractivity contribution in [2.75, 3.05) is 11.9 Å². The van der Waals surface area contributed by atoms with Crippen LogP contribution in [-0.4, -0.2) is 42.9 Å². The Kier molecular flexibility index (Phi) is 7.11. The Bertz CT molecular complexity index is 1310. The second-order valence-corrected chi connectivity index (χ2v) is 7.90. The predicted molar refractivity (Wildman–Crippen MR) is 120 cm³/mol. The number of amides is 1. The molecule has 0 bridgehead atoms. The average Bonchev–Trinajstić information content (AvgIpc) is 3.39. The van der Waals surface area contributed by atoms with E-state index in [0.717, 1.165) is 0 Å². The molecule has 0 saturated heterocycles. The average molecular weight is 502 g/mol. The number of benzene rings is 1. The van der Waals surface area contributed by atoms with Crippen LogP contribution in [-0.2, 0) is 23.7 Å². The van der Waals surface area contributed by atoms with E-state index in [1.165, 1.54) is 41.5 Å². The number of tetrazole rings is 1. The number of aromatic nitrogens is 6. The molecule has 0 aliphatic heterocycles. The Morgan fingerprint density at radius 2 is 2.03 bits per heavy atom. The number of pyridine rings is 2. The van der Waals surface area contributed by atoms with Crippen molar-refractivity contribution in [1.82, 2.24) is 30.5 Å². The van der Waals surface area contributed by atoms with Crippen molar-refractivity contribution in [3.05, 3.63) is 89.1 Å². The van der Waals surface area contributed by atoms with Gasteiger partial charge in [-0.15, -0.1) is 5.10 Å². The minimum absolute atomic E-state index is 0.00159. The number of carbonyl (C=O) groups is 1. The highest BCUT2D eigenvalue weighted by Crippen LogP contribution is 2.26. The number of alkyl halides is 2. The van der Waals surface area contributed by atoms with Crippen molar-refractivity contribution in [2.45, 2.75) is 18.9 Å². The standard InChI is InChI=1S/C22H19ClF2N8O2/c23-16-7-8-18(32-14-29-30-31-32)15(10-16)12-27-21(34)11-17-4-3-6-20(33(17)35)28-13-22(24,25)19-5-1-2-9-26-19/h1-10,14,35H,11-13H2,(H,27,34)/p+1. The highest BCUT2D eigenvalue weighted by atomic mass is 35.5. The summed E-state index contributed by atoms with van der Waals surface area (Å²) >= 11 is 6.09. The molecule has 0 atom stereocenters. The zero-order valence-corrected chi connectivity index (χ0v) is 18.9. The van der Waals surface area contributed by atoms with E-state index in [-0.39, 0.29) is 24.5 Å². The number of carbonyl (C=O) groups excluding carboxylic acids is 1. The number of rotatable bonds is 9. The van der Waals surface area contributed by atoms with E-state index < -0.39 is 24.1 Å². The highest BCUT2D eigenvalue weighted by molar-refractivity contribution is 6.30. The van der Waals surface area contributed by atoms with Gasteiger partial charge in [0.15, 0.2) is 12.2 Å². The van der Waals surface area contributed by atoms with Gasteiger partial charge in [0.2, 0.25) is 5.91 Å². The maximum atomic E-state index is 14.4. The molecule has 3 N–H and O–H groups in total. The van der Waals surface area contributed by atoms with Gasteiger partial charge in [0.1, 0.15) is 12.0 Å². The van der Waals surface area contributed by atoms with E-state index in [9.17, 15) is 18.8 Å². The van der Waals surface area contributed by atoms with Gasteiger partial charge in [0.25, 0.3) is 0 Å². The lowest BCUT2D eigenvalue weighted by molar-refractivity contribution is -0.898. The summed E-state index contributed by atoms with van der Waals surface area (Å²) in [4.78, 5) is 16.3. The lowest BCUT2D eigenvalue weighted by Crippen LogP contribution is -2.42. The van der Waals surface area contributed by atoms with Gasteiger partial charge in [-0.3, -0.25) is 15.1 Å². The summed E-state index contributed by atoms with van der Waals surface area (Å²) in [6.45, 7) is -0.677. The first kappa shape index (κ1) is 24.0. The lowest BCUT2D eigenvalue weighted by Gasteiger charge is -2.14. The van der Waals surface area contributed by atoms with Gasteiger partial charge in [0, 0.05) is 23.8 Å². The number of nitrogens with one attached hydrogen (secondary N) is 2. The highest BCUT2D eigenvalue weighted by Gasteiger charge is 2.36. The van der Waals surface area contributed by atoms with Gasteiger partial charge in [-0.2, -0.15) is 8.78 Å². The monoisotopic (exact) mass is 501 g/mol. The van der Waals surface area contributed by atoms with Crippen molar-refractivity contribution in [2.24, 2.45) is 0 Å². The Morgan fingerprint density at radius 3 is 2.77 bits per heavy atom. The summed E-state index contributed by atoms with van der Waals surface area (Å²) in [5.74, 6) is -3.68. The van der Waals surface area contributed by atoms with Crippen molar-refractivity contribution in [1.29, 1.82) is 0 Å². The van der Waals surface area contributed by atoms with E-state index in [4.69, 9.17) is 11.6 Å². The van der Waals surface area contributed by atoms with Gasteiger partial charge in [0.05, 0.1) is 12.1 Å². The molecule has 0 saturated carbocycles. The van der Waals surface area contributed by atoms with Gasteiger partial charge in [-0.05, 0) is 63.2 Å². The van der Waals surface area contributed by atoms with Crippen LogP contribution >= 0.6 is 11.6 Å². The van der Waals surface area contributed by atoms with Gasteiger partial charge in [-0.1, -0.05) is 17.7 Å². The maximum absolute atomic E-state index is 14.4. The first-order valence-corrected chi connectivity index (χ1v) is 10.8. The van der Waals surface area contributed by atoms with E-state index in [2.05, 4.69) is 31.1 Å². The molecule has 0 aliphatic rings. The fourth-order valence-electron chi connectivity index (χ4n) is 3.30. The maximum Gasteiger partial charge on any atom is 0.325 e. The van der Waals surface area contributed by atoms with Crippen molar-refractivity contribution >= 4 is 23.3 Å². The van der Waals surface area contributed by atoms with Crippen LogP contribution in [0.3, 0.4) is 0 Å². The SMILES string of the molecule is O=C(Cc1cccc(NCC(F)(F)c2ccccn2)[n+]1O)NCc1cc(Cl)ccc1-n1cnnn1. The molecule has 10 nitrogen and oxygen atoms in total. The zero-order valence-electron chi connectivity index (χ0n) is 18.1. The summed E-state index contributed by atoms with van der Waals surface area (Å²) < 4.78 is 30.9. The third kappa shape index (κ3) is 5.84. The first-order valence-electron chi connectivity index (χ1n) is 10.4. The minimum Gasteiger partial charge on any atom is -0.352 e. The molecule has 35 heavy (non-hydrogen) atoms. The van der Waals surface area contributed by atoms with Gasteiger partial charge < -0.3 is 10.5 Å². The normalized spacial score (nSPS) is 11.3. The summed E-state index contributed by atoms with van der Waals surface area (Å²) in [6.07, 6.45) is 2.49. The predicted octanol–water partition coefficient (Wildman–Crippen LogP) is 2.30. The second kappa shape index (κ2) is 10.4. The van der Waals surface area contributed by atoms with Crippen LogP contribution in [0.15, 0.2) is 67.1 Å². The molecule has 4 rings (SSSR count). The second-order valence-electron chi connectivity index (χ2n) is 7.47. The van der Waals surface area contributed by atoms with Gasteiger partial charge >= 0.3 is 11.7 Å². The fraction of sp³-hybridized carbons (Fsp3) is 0.182. The zero-order chi connectivity index (χ0) is 24.8. The lowest BCUT2D eigenvalue weighted by atomic mass is 10.1. The Morgan fingerprint density at radius 1 is 1.17 bits per heavy atom. The van der Waals surface area contributed by atoms with Crippen LogP contribution in [0.25, 0.3) is 5.69 Å². The first-order chi connectivity index (χ1) is 16.8. The van der Waals surface area contributed by atoms with Crippen LogP contribution in [0.5, 0.6) is 0 Å². The van der Waals surface area contributed by atoms with Crippen molar-refractivity contribution in [3.8, 4) is 5.69 Å². The number of hydrogen-bond donors (Lipinski definition) is 3. The summed E-state index contributed by atoms with van der Waals surface area (Å²) in [6, 6.07) is 13.8. The summed E-state index contributed by atoms with van der Waals surface area (Å²) in [5, 5.41) is 27.2. The van der Waals surface area contributed by atoms with Crippen LogP contribution in [0.4, 0.5) is 14.6 Å². The molecule has 13 heteroatoms. The number of nitrogens with zero attached hydrogens (tertiary/aromatic N) is 6. The summed E-state index contributed by atoms with van der Waals surface area (Å²) in [5.41, 5.74) is 1.11. The fourth-order valence-corrected chi connectivity index (χ4v) is 3.49. The van der Waals surface area contributed by atoms with Crippen LogP contribution in [0.2, 0.25) is 5.02 Å². The Balaban J connectivity index is 1.40. The molecule has 0 fully saturated rings. The van der Waals surface area contributed by atoms with Crippen molar-refractivity contribution in [3.63, 3.8) is 0 Å². The Hall–Kier alpha value is -4.19. The smallest absolute Gasteiger partial charge is 0.325 e. The molecule has 4 aromatic rings. The minimum atomic E-state index is -3.27. The molecule has 1 aromatic carbocycles. The number of halogens is 3. The van der Waals surface area contributed by atoms with E-state index in [1.54, 1.807) is 30.3 Å². The molecule has 1 amide bonds. The largest absolute Gasteiger partial charge is 0.352 e. The van der Waals surface area contributed by atoms with Gasteiger partial charge in [-0.25, -0.2) is 4.68 Å². The topological polar surface area (TPSA) is 122 Å². The molecule has 180 valence electrons. The van der Waals surface area contributed by atoms with E-state index in [1.807, 2.05) is 0 Å². The summed E-state index contributed by atoms with van der Waals surface area (Å²) in [7, 11) is 0. The molecule has 0 aliphatic carbocycles. The Labute approximate surface area is 203 Å². The van der Waals surface area contributed by atoms with Crippen LogP contribution in [0.1, 0.15) is 17.0 Å². The molecule has 0 unspecified atom stereocenters. The van der Waals surface area contributed by atoms with E-state index >= 15 is 0 Å². The molecule has 3 aromatic heterocycles. The van der Waals surface area contributed by atoms with Crippen molar-refractivity contribution < 1.29 is 23.5 Å².